The molecule has 0 saturated carbocycles. The van der Waals surface area contributed by atoms with Crippen LogP contribution >= 0.6 is 0 Å². The van der Waals surface area contributed by atoms with Crippen molar-refractivity contribution in [1.82, 2.24) is 0 Å². The third kappa shape index (κ3) is 7.49. The largest absolute Gasteiger partial charge is 0.465 e. The summed E-state index contributed by atoms with van der Waals surface area (Å²) in [6.45, 7) is 8.13. The van der Waals surface area contributed by atoms with Gasteiger partial charge in [-0.15, -0.1) is 0 Å². The standard InChI is InChI=1S/C19H32O4/c1-5-9-11-13-15-19(17(20)22-7-3,18(21)23-8-4)16-14-12-10-6-2/h9-12H,5-8,13-16H2,1-4H3. The Hall–Kier alpha value is -1.58. The summed E-state index contributed by atoms with van der Waals surface area (Å²) in [7, 11) is 0. The summed E-state index contributed by atoms with van der Waals surface area (Å²) in [5.41, 5.74) is -1.21. The zero-order valence-corrected chi connectivity index (χ0v) is 15.1. The highest BCUT2D eigenvalue weighted by Crippen LogP contribution is 2.34. The first-order valence-corrected chi connectivity index (χ1v) is 8.73. The summed E-state index contributed by atoms with van der Waals surface area (Å²) in [4.78, 5) is 25.1. The van der Waals surface area contributed by atoms with Gasteiger partial charge in [-0.25, -0.2) is 0 Å². The average Bonchev–Trinajstić information content (AvgIpc) is 2.54. The number of esters is 2. The molecule has 0 spiro atoms. The van der Waals surface area contributed by atoms with Crippen LogP contribution in [0.3, 0.4) is 0 Å². The molecule has 0 aliphatic rings. The number of rotatable bonds is 12. The smallest absolute Gasteiger partial charge is 0.323 e. The number of allylic oxidation sites excluding steroid dienone is 4. The Balaban J connectivity index is 5.31. The van der Waals surface area contributed by atoms with Gasteiger partial charge in [-0.05, 0) is 52.4 Å². The van der Waals surface area contributed by atoms with Gasteiger partial charge in [0.05, 0.1) is 13.2 Å². The van der Waals surface area contributed by atoms with E-state index in [4.69, 9.17) is 9.47 Å². The van der Waals surface area contributed by atoms with Crippen molar-refractivity contribution in [2.45, 2.75) is 66.2 Å². The van der Waals surface area contributed by atoms with Gasteiger partial charge in [0.25, 0.3) is 0 Å². The van der Waals surface area contributed by atoms with Crippen molar-refractivity contribution in [2.75, 3.05) is 13.2 Å². The van der Waals surface area contributed by atoms with Crippen molar-refractivity contribution in [1.29, 1.82) is 0 Å². The van der Waals surface area contributed by atoms with E-state index >= 15 is 0 Å². The maximum atomic E-state index is 12.5. The molecule has 0 aliphatic carbocycles. The fourth-order valence-electron chi connectivity index (χ4n) is 2.38. The Morgan fingerprint density at radius 1 is 0.739 bits per heavy atom. The molecule has 0 amide bonds. The number of hydrogen-bond donors (Lipinski definition) is 0. The fraction of sp³-hybridized carbons (Fsp3) is 0.684. The van der Waals surface area contributed by atoms with Gasteiger partial charge in [0, 0.05) is 0 Å². The van der Waals surface area contributed by atoms with E-state index in [1.807, 2.05) is 24.3 Å². The lowest BCUT2D eigenvalue weighted by atomic mass is 9.78. The monoisotopic (exact) mass is 324 g/mol. The van der Waals surface area contributed by atoms with E-state index < -0.39 is 17.4 Å². The molecule has 0 heterocycles. The van der Waals surface area contributed by atoms with Gasteiger partial charge in [-0.2, -0.15) is 0 Å². The van der Waals surface area contributed by atoms with Crippen LogP contribution in [0.25, 0.3) is 0 Å². The number of carbonyl (C=O) groups is 2. The highest BCUT2D eigenvalue weighted by atomic mass is 16.6. The van der Waals surface area contributed by atoms with Gasteiger partial charge in [0.1, 0.15) is 0 Å². The van der Waals surface area contributed by atoms with Crippen LogP contribution in [0.4, 0.5) is 0 Å². The summed E-state index contributed by atoms with van der Waals surface area (Å²) in [6.07, 6.45) is 12.1. The lowest BCUT2D eigenvalue weighted by Crippen LogP contribution is -2.42. The third-order valence-electron chi connectivity index (χ3n) is 3.61. The highest BCUT2D eigenvalue weighted by Gasteiger charge is 2.47. The molecule has 4 nitrogen and oxygen atoms in total. The quantitative estimate of drug-likeness (QED) is 0.299. The van der Waals surface area contributed by atoms with Crippen LogP contribution in [0.5, 0.6) is 0 Å². The first-order chi connectivity index (χ1) is 11.1. The van der Waals surface area contributed by atoms with Gasteiger partial charge >= 0.3 is 11.9 Å². The second kappa shape index (κ2) is 12.9. The lowest BCUT2D eigenvalue weighted by Gasteiger charge is -2.28. The van der Waals surface area contributed by atoms with E-state index in [1.54, 1.807) is 13.8 Å². The van der Waals surface area contributed by atoms with Crippen molar-refractivity contribution in [3.8, 4) is 0 Å². The predicted molar refractivity (Wildman–Crippen MR) is 93.0 cm³/mol. The van der Waals surface area contributed by atoms with Crippen molar-refractivity contribution in [2.24, 2.45) is 5.41 Å². The van der Waals surface area contributed by atoms with Crippen LogP contribution in [0.15, 0.2) is 24.3 Å². The molecule has 0 aromatic rings. The maximum absolute atomic E-state index is 12.5. The molecule has 0 bridgehead atoms. The maximum Gasteiger partial charge on any atom is 0.323 e. The molecule has 0 saturated heterocycles. The van der Waals surface area contributed by atoms with Crippen LogP contribution in [0.2, 0.25) is 0 Å². The van der Waals surface area contributed by atoms with Crippen molar-refractivity contribution in [3.05, 3.63) is 24.3 Å². The van der Waals surface area contributed by atoms with E-state index in [0.29, 0.717) is 25.7 Å². The number of ether oxygens (including phenoxy) is 2. The van der Waals surface area contributed by atoms with Gasteiger partial charge in [0.15, 0.2) is 5.41 Å². The molecule has 0 unspecified atom stereocenters. The minimum absolute atomic E-state index is 0.260. The SMILES string of the molecule is CCC=CCCC(CCC=CCC)(C(=O)OCC)C(=O)OCC. The molecule has 0 aromatic carbocycles. The van der Waals surface area contributed by atoms with Crippen molar-refractivity contribution >= 4 is 11.9 Å². The normalized spacial score (nSPS) is 12.0. The molecule has 0 radical (unpaired) electrons. The molecule has 4 heteroatoms. The lowest BCUT2D eigenvalue weighted by molar-refractivity contribution is -0.173. The predicted octanol–water partition coefficient (Wildman–Crippen LogP) is 4.59. The molecular formula is C19H32O4. The highest BCUT2D eigenvalue weighted by molar-refractivity contribution is 6.00. The minimum Gasteiger partial charge on any atom is -0.465 e. The summed E-state index contributed by atoms with van der Waals surface area (Å²) in [5.74, 6) is -0.929. The second-order valence-electron chi connectivity index (χ2n) is 5.36. The molecule has 132 valence electrons. The van der Waals surface area contributed by atoms with Gasteiger partial charge in [0.2, 0.25) is 0 Å². The molecule has 0 rings (SSSR count). The molecule has 0 fully saturated rings. The van der Waals surface area contributed by atoms with Gasteiger partial charge in [-0.3, -0.25) is 9.59 Å². The van der Waals surface area contributed by atoms with Crippen LogP contribution in [0.1, 0.15) is 66.2 Å². The molecular weight excluding hydrogens is 292 g/mol. The number of hydrogen-bond acceptors (Lipinski definition) is 4. The van der Waals surface area contributed by atoms with Crippen molar-refractivity contribution in [3.63, 3.8) is 0 Å². The Morgan fingerprint density at radius 3 is 1.43 bits per heavy atom. The zero-order chi connectivity index (χ0) is 17.6. The summed E-state index contributed by atoms with van der Waals surface area (Å²) < 4.78 is 10.4. The zero-order valence-electron chi connectivity index (χ0n) is 15.1. The topological polar surface area (TPSA) is 52.6 Å². The van der Waals surface area contributed by atoms with Gasteiger partial charge < -0.3 is 9.47 Å². The molecule has 23 heavy (non-hydrogen) atoms. The Bertz CT molecular complexity index is 358. The van der Waals surface area contributed by atoms with E-state index in [2.05, 4.69) is 13.8 Å². The van der Waals surface area contributed by atoms with Crippen LogP contribution in [-0.4, -0.2) is 25.2 Å². The molecule has 0 atom stereocenters. The van der Waals surface area contributed by atoms with Crippen LogP contribution < -0.4 is 0 Å². The molecule has 0 aromatic heterocycles. The number of carbonyl (C=O) groups excluding carboxylic acids is 2. The minimum atomic E-state index is -1.21. The van der Waals surface area contributed by atoms with Crippen molar-refractivity contribution < 1.29 is 19.1 Å². The van der Waals surface area contributed by atoms with E-state index in [-0.39, 0.29) is 13.2 Å². The van der Waals surface area contributed by atoms with E-state index in [9.17, 15) is 9.59 Å². The summed E-state index contributed by atoms with van der Waals surface area (Å²) in [6, 6.07) is 0. The third-order valence-corrected chi connectivity index (χ3v) is 3.61. The second-order valence-corrected chi connectivity index (χ2v) is 5.36. The summed E-state index contributed by atoms with van der Waals surface area (Å²) in [5, 5.41) is 0. The molecule has 0 aliphatic heterocycles. The Kier molecular flexibility index (Phi) is 12.0. The van der Waals surface area contributed by atoms with Crippen LogP contribution in [-0.2, 0) is 19.1 Å². The Morgan fingerprint density at radius 2 is 1.13 bits per heavy atom. The summed E-state index contributed by atoms with van der Waals surface area (Å²) >= 11 is 0. The van der Waals surface area contributed by atoms with E-state index in [0.717, 1.165) is 12.8 Å². The Labute approximate surface area is 140 Å². The molecule has 0 N–H and O–H groups in total. The fourth-order valence-corrected chi connectivity index (χ4v) is 2.38. The first-order valence-electron chi connectivity index (χ1n) is 8.73. The van der Waals surface area contributed by atoms with Crippen LogP contribution in [0, 0.1) is 5.41 Å². The average molecular weight is 324 g/mol. The first kappa shape index (κ1) is 21.4. The van der Waals surface area contributed by atoms with Gasteiger partial charge in [-0.1, -0.05) is 38.2 Å². The van der Waals surface area contributed by atoms with E-state index in [1.165, 1.54) is 0 Å².